The zero-order chi connectivity index (χ0) is 18.9. The van der Waals surface area contributed by atoms with Gasteiger partial charge in [-0.25, -0.2) is 0 Å². The van der Waals surface area contributed by atoms with E-state index in [1.165, 1.54) is 19.2 Å². The third-order valence-electron chi connectivity index (χ3n) is 3.58. The Hall–Kier alpha value is -2.86. The van der Waals surface area contributed by atoms with E-state index in [-0.39, 0.29) is 16.6 Å². The van der Waals surface area contributed by atoms with Gasteiger partial charge in [0.15, 0.2) is 0 Å². The predicted molar refractivity (Wildman–Crippen MR) is 99.2 cm³/mol. The molecule has 0 saturated carbocycles. The maximum absolute atomic E-state index is 12.3. The van der Waals surface area contributed by atoms with Gasteiger partial charge in [0.05, 0.1) is 17.8 Å². The molecule has 0 aromatic heterocycles. The van der Waals surface area contributed by atoms with Crippen molar-refractivity contribution in [3.05, 3.63) is 64.7 Å². The van der Waals surface area contributed by atoms with Gasteiger partial charge in [-0.1, -0.05) is 41.9 Å². The molecule has 2 rings (SSSR count). The van der Waals surface area contributed by atoms with Crippen LogP contribution in [0.4, 0.5) is 5.69 Å². The molecule has 0 aliphatic heterocycles. The van der Waals surface area contributed by atoms with E-state index < -0.39 is 18.3 Å². The van der Waals surface area contributed by atoms with Gasteiger partial charge in [0.1, 0.15) is 6.42 Å². The average Bonchev–Trinajstić information content (AvgIpc) is 2.64. The minimum atomic E-state index is -0.659. The fourth-order valence-electron chi connectivity index (χ4n) is 2.23. The number of esters is 1. The summed E-state index contributed by atoms with van der Waals surface area (Å²) in [5.74, 6) is -1.50. The van der Waals surface area contributed by atoms with E-state index in [1.54, 1.807) is 6.07 Å². The van der Waals surface area contributed by atoms with E-state index in [0.29, 0.717) is 18.5 Å². The first-order valence-corrected chi connectivity index (χ1v) is 8.35. The number of hydrogen-bond acceptors (Lipinski definition) is 4. The van der Waals surface area contributed by atoms with Crippen LogP contribution in [0.1, 0.15) is 22.3 Å². The van der Waals surface area contributed by atoms with Crippen LogP contribution < -0.4 is 10.6 Å². The number of carbonyl (C=O) groups is 3. The first-order valence-electron chi connectivity index (χ1n) is 7.98. The van der Waals surface area contributed by atoms with Gasteiger partial charge < -0.3 is 15.4 Å². The number of carbonyl (C=O) groups excluding carboxylic acids is 3. The normalized spacial score (nSPS) is 10.1. The molecule has 0 heterocycles. The third kappa shape index (κ3) is 5.89. The number of halogens is 1. The highest BCUT2D eigenvalue weighted by atomic mass is 35.5. The van der Waals surface area contributed by atoms with Crippen LogP contribution in [0.15, 0.2) is 48.5 Å². The van der Waals surface area contributed by atoms with Gasteiger partial charge in [-0.05, 0) is 30.2 Å². The lowest BCUT2D eigenvalue weighted by molar-refractivity contribution is -0.142. The lowest BCUT2D eigenvalue weighted by Gasteiger charge is -2.10. The zero-order valence-electron chi connectivity index (χ0n) is 14.3. The van der Waals surface area contributed by atoms with Gasteiger partial charge in [0.25, 0.3) is 5.91 Å². The SMILES string of the molecule is COC(=O)CC(=O)Nc1cc(C(=O)NCCc2ccccc2)ccc1Cl. The molecule has 2 amide bonds. The number of rotatable bonds is 7. The maximum atomic E-state index is 12.3. The summed E-state index contributed by atoms with van der Waals surface area (Å²) in [5.41, 5.74) is 1.74. The molecule has 2 aromatic carbocycles. The number of benzene rings is 2. The van der Waals surface area contributed by atoms with Crippen molar-refractivity contribution in [3.63, 3.8) is 0 Å². The van der Waals surface area contributed by atoms with E-state index in [0.717, 1.165) is 5.56 Å². The first-order chi connectivity index (χ1) is 12.5. The molecule has 0 unspecified atom stereocenters. The summed E-state index contributed by atoms with van der Waals surface area (Å²) in [6.07, 6.45) is 0.281. The zero-order valence-corrected chi connectivity index (χ0v) is 15.0. The molecule has 0 radical (unpaired) electrons. The second-order valence-corrected chi connectivity index (χ2v) is 5.89. The maximum Gasteiger partial charge on any atom is 0.315 e. The minimum absolute atomic E-state index is 0.260. The molecule has 2 N–H and O–H groups in total. The van der Waals surface area contributed by atoms with Crippen molar-refractivity contribution < 1.29 is 19.1 Å². The van der Waals surface area contributed by atoms with Crippen molar-refractivity contribution >= 4 is 35.1 Å². The van der Waals surface area contributed by atoms with Crippen molar-refractivity contribution in [2.24, 2.45) is 0 Å². The summed E-state index contributed by atoms with van der Waals surface area (Å²) in [7, 11) is 1.20. The van der Waals surface area contributed by atoms with Crippen molar-refractivity contribution in [2.45, 2.75) is 12.8 Å². The summed E-state index contributed by atoms with van der Waals surface area (Å²) in [4.78, 5) is 35.2. The summed E-state index contributed by atoms with van der Waals surface area (Å²) in [5, 5.41) is 5.59. The fraction of sp³-hybridized carbons (Fsp3) is 0.211. The molecule has 0 fully saturated rings. The molecule has 7 heteroatoms. The summed E-state index contributed by atoms with van der Waals surface area (Å²) in [6, 6.07) is 14.4. The molecule has 0 atom stereocenters. The minimum Gasteiger partial charge on any atom is -0.469 e. The lowest BCUT2D eigenvalue weighted by atomic mass is 10.1. The Morgan fingerprint density at radius 2 is 1.81 bits per heavy atom. The Bertz CT molecular complexity index is 793. The summed E-state index contributed by atoms with van der Waals surface area (Å²) < 4.78 is 4.43. The number of methoxy groups -OCH3 is 1. The van der Waals surface area contributed by atoms with Gasteiger partial charge in [-0.2, -0.15) is 0 Å². The highest BCUT2D eigenvalue weighted by Crippen LogP contribution is 2.23. The molecule has 0 spiro atoms. The molecular formula is C19H19ClN2O4. The van der Waals surface area contributed by atoms with Gasteiger partial charge in [0, 0.05) is 12.1 Å². The van der Waals surface area contributed by atoms with Gasteiger partial charge >= 0.3 is 5.97 Å². The molecule has 0 aliphatic carbocycles. The Morgan fingerprint density at radius 3 is 2.50 bits per heavy atom. The topological polar surface area (TPSA) is 84.5 Å². The van der Waals surface area contributed by atoms with Crippen LogP contribution in [0.25, 0.3) is 0 Å². The van der Waals surface area contributed by atoms with Gasteiger partial charge in [-0.3, -0.25) is 14.4 Å². The highest BCUT2D eigenvalue weighted by molar-refractivity contribution is 6.34. The molecule has 26 heavy (non-hydrogen) atoms. The van der Waals surface area contributed by atoms with E-state index in [2.05, 4.69) is 15.4 Å². The van der Waals surface area contributed by atoms with E-state index in [4.69, 9.17) is 11.6 Å². The molecule has 0 aliphatic rings. The van der Waals surface area contributed by atoms with Gasteiger partial charge in [0.2, 0.25) is 5.91 Å². The van der Waals surface area contributed by atoms with E-state index >= 15 is 0 Å². The quantitative estimate of drug-likeness (QED) is 0.576. The van der Waals surface area contributed by atoms with Crippen LogP contribution in [0, 0.1) is 0 Å². The molecule has 0 saturated heterocycles. The molecule has 2 aromatic rings. The van der Waals surface area contributed by atoms with Crippen LogP contribution in [0.5, 0.6) is 0 Å². The smallest absolute Gasteiger partial charge is 0.315 e. The summed E-state index contributed by atoms with van der Waals surface area (Å²) in [6.45, 7) is 0.482. The number of amides is 2. The van der Waals surface area contributed by atoms with Crippen LogP contribution in [0.2, 0.25) is 5.02 Å². The van der Waals surface area contributed by atoms with Crippen molar-refractivity contribution in [1.82, 2.24) is 5.32 Å². The van der Waals surface area contributed by atoms with Crippen LogP contribution in [-0.2, 0) is 20.7 Å². The molecule has 136 valence electrons. The van der Waals surface area contributed by atoms with Gasteiger partial charge in [-0.15, -0.1) is 0 Å². The Kier molecular flexibility index (Phi) is 7.17. The van der Waals surface area contributed by atoms with Crippen molar-refractivity contribution in [1.29, 1.82) is 0 Å². The van der Waals surface area contributed by atoms with E-state index in [9.17, 15) is 14.4 Å². The van der Waals surface area contributed by atoms with E-state index in [1.807, 2.05) is 30.3 Å². The standard InChI is InChI=1S/C19H19ClN2O4/c1-26-18(24)12-17(23)22-16-11-14(7-8-15(16)20)19(25)21-10-9-13-5-3-2-4-6-13/h2-8,11H,9-10,12H2,1H3,(H,21,25)(H,22,23). The molecule has 6 nitrogen and oxygen atoms in total. The predicted octanol–water partition coefficient (Wildman–Crippen LogP) is 2.81. The molecular weight excluding hydrogens is 356 g/mol. The largest absolute Gasteiger partial charge is 0.469 e. The monoisotopic (exact) mass is 374 g/mol. The fourth-order valence-corrected chi connectivity index (χ4v) is 2.39. The number of hydrogen-bond donors (Lipinski definition) is 2. The summed E-state index contributed by atoms with van der Waals surface area (Å²) >= 11 is 6.04. The van der Waals surface area contributed by atoms with Crippen molar-refractivity contribution in [2.75, 3.05) is 19.0 Å². The number of nitrogens with one attached hydrogen (secondary N) is 2. The lowest BCUT2D eigenvalue weighted by Crippen LogP contribution is -2.26. The first kappa shape index (κ1) is 19.5. The Labute approximate surface area is 156 Å². The van der Waals surface area contributed by atoms with Crippen molar-refractivity contribution in [3.8, 4) is 0 Å². The molecule has 0 bridgehead atoms. The Balaban J connectivity index is 1.95. The van der Waals surface area contributed by atoms with Crippen LogP contribution in [0.3, 0.4) is 0 Å². The third-order valence-corrected chi connectivity index (χ3v) is 3.91. The number of anilines is 1. The Morgan fingerprint density at radius 1 is 1.08 bits per heavy atom. The second kappa shape index (κ2) is 9.58. The number of ether oxygens (including phenoxy) is 1. The van der Waals surface area contributed by atoms with Crippen LogP contribution in [-0.4, -0.2) is 31.4 Å². The highest BCUT2D eigenvalue weighted by Gasteiger charge is 2.13. The second-order valence-electron chi connectivity index (χ2n) is 5.49. The average molecular weight is 375 g/mol. The van der Waals surface area contributed by atoms with Crippen LogP contribution >= 0.6 is 11.6 Å².